The predicted molar refractivity (Wildman–Crippen MR) is 72.2 cm³/mol. The van der Waals surface area contributed by atoms with E-state index in [-0.39, 0.29) is 5.82 Å². The number of nitrogens with one attached hydrogen (secondary N) is 1. The first kappa shape index (κ1) is 11.6. The second-order valence-corrected chi connectivity index (χ2v) is 4.36. The second-order valence-electron chi connectivity index (χ2n) is 4.36. The molecule has 1 N–H and O–H groups in total. The first-order chi connectivity index (χ1) is 9.24. The van der Waals surface area contributed by atoms with Gasteiger partial charge in [0.25, 0.3) is 0 Å². The Morgan fingerprint density at radius 1 is 1.16 bits per heavy atom. The van der Waals surface area contributed by atoms with Crippen molar-refractivity contribution < 1.29 is 4.39 Å². The average Bonchev–Trinajstić information content (AvgIpc) is 2.81. The van der Waals surface area contributed by atoms with Crippen LogP contribution in [-0.2, 0) is 13.6 Å². The second kappa shape index (κ2) is 4.68. The highest BCUT2D eigenvalue weighted by molar-refractivity contribution is 5.85. The number of halogens is 1. The van der Waals surface area contributed by atoms with Gasteiger partial charge in [-0.05, 0) is 23.8 Å². The van der Waals surface area contributed by atoms with E-state index in [4.69, 9.17) is 0 Å². The van der Waals surface area contributed by atoms with Gasteiger partial charge in [-0.25, -0.2) is 14.4 Å². The molecule has 0 saturated heterocycles. The van der Waals surface area contributed by atoms with Crippen LogP contribution >= 0.6 is 0 Å². The van der Waals surface area contributed by atoms with E-state index in [1.165, 1.54) is 12.1 Å². The van der Waals surface area contributed by atoms with Gasteiger partial charge < -0.3 is 9.88 Å². The van der Waals surface area contributed by atoms with Crippen LogP contribution in [0.25, 0.3) is 11.0 Å². The molecular weight excluding hydrogens is 243 g/mol. The zero-order valence-corrected chi connectivity index (χ0v) is 10.5. The van der Waals surface area contributed by atoms with Crippen LogP contribution in [0.2, 0.25) is 0 Å². The molecule has 3 rings (SSSR count). The number of rotatable bonds is 3. The van der Waals surface area contributed by atoms with Crippen LogP contribution in [0, 0.1) is 5.82 Å². The molecule has 3 aromatic rings. The number of aryl methyl sites for hydroxylation is 1. The van der Waals surface area contributed by atoms with E-state index in [1.54, 1.807) is 24.7 Å². The maximum Gasteiger partial charge on any atom is 0.154 e. The summed E-state index contributed by atoms with van der Waals surface area (Å²) in [6.07, 6.45) is 3.51. The Kier molecular flexibility index (Phi) is 2.87. The van der Waals surface area contributed by atoms with Crippen LogP contribution in [0.15, 0.2) is 42.9 Å². The number of imidazole rings is 1. The molecule has 0 amide bonds. The maximum absolute atomic E-state index is 12.8. The fraction of sp³-hybridized carbons (Fsp3) is 0.143. The summed E-state index contributed by atoms with van der Waals surface area (Å²) in [6.45, 7) is 0.586. The molecule has 0 atom stereocenters. The molecular formula is C14H13FN4. The molecule has 0 fully saturated rings. The van der Waals surface area contributed by atoms with E-state index in [0.29, 0.717) is 6.54 Å². The summed E-state index contributed by atoms with van der Waals surface area (Å²) in [7, 11) is 1.94. The van der Waals surface area contributed by atoms with Gasteiger partial charge in [0.2, 0.25) is 0 Å². The number of anilines is 1. The van der Waals surface area contributed by atoms with Crippen molar-refractivity contribution in [3.05, 3.63) is 54.2 Å². The average molecular weight is 256 g/mol. The molecule has 2 aromatic heterocycles. The third-order valence-corrected chi connectivity index (χ3v) is 3.02. The quantitative estimate of drug-likeness (QED) is 0.783. The van der Waals surface area contributed by atoms with Crippen molar-refractivity contribution in [1.29, 1.82) is 0 Å². The molecule has 0 bridgehead atoms. The van der Waals surface area contributed by atoms with Gasteiger partial charge in [-0.1, -0.05) is 12.1 Å². The van der Waals surface area contributed by atoms with Crippen LogP contribution in [0.4, 0.5) is 10.2 Å². The molecule has 2 heterocycles. The highest BCUT2D eigenvalue weighted by atomic mass is 19.1. The van der Waals surface area contributed by atoms with Crippen molar-refractivity contribution >= 4 is 16.9 Å². The maximum atomic E-state index is 12.8. The van der Waals surface area contributed by atoms with Crippen LogP contribution in [-0.4, -0.2) is 14.5 Å². The van der Waals surface area contributed by atoms with Crippen LogP contribution in [0.5, 0.6) is 0 Å². The normalized spacial score (nSPS) is 10.8. The van der Waals surface area contributed by atoms with Gasteiger partial charge in [-0.2, -0.15) is 0 Å². The number of fused-ring (bicyclic) bond motifs is 1. The summed E-state index contributed by atoms with van der Waals surface area (Å²) in [5.41, 5.74) is 2.86. The Labute approximate surface area is 109 Å². The Morgan fingerprint density at radius 3 is 2.74 bits per heavy atom. The molecule has 0 unspecified atom stereocenters. The van der Waals surface area contributed by atoms with E-state index in [0.717, 1.165) is 22.4 Å². The number of hydrogen-bond acceptors (Lipinski definition) is 3. The fourth-order valence-electron chi connectivity index (χ4n) is 1.98. The minimum atomic E-state index is -0.228. The van der Waals surface area contributed by atoms with Gasteiger partial charge in [-0.3, -0.25) is 0 Å². The van der Waals surface area contributed by atoms with Crippen molar-refractivity contribution in [2.24, 2.45) is 7.05 Å². The molecule has 0 spiro atoms. The Morgan fingerprint density at radius 2 is 1.95 bits per heavy atom. The zero-order valence-electron chi connectivity index (χ0n) is 10.5. The number of pyridine rings is 1. The lowest BCUT2D eigenvalue weighted by molar-refractivity contribution is 0.627. The summed E-state index contributed by atoms with van der Waals surface area (Å²) >= 11 is 0. The summed E-state index contributed by atoms with van der Waals surface area (Å²) in [5.74, 6) is 0.510. The van der Waals surface area contributed by atoms with E-state index < -0.39 is 0 Å². The number of nitrogens with zero attached hydrogens (tertiary/aromatic N) is 3. The Hall–Kier alpha value is -2.43. The molecule has 0 aliphatic rings. The predicted octanol–water partition coefficient (Wildman–Crippen LogP) is 2.72. The molecule has 4 nitrogen and oxygen atoms in total. The van der Waals surface area contributed by atoms with Crippen LogP contribution in [0.1, 0.15) is 5.56 Å². The summed E-state index contributed by atoms with van der Waals surface area (Å²) in [6, 6.07) is 8.32. The van der Waals surface area contributed by atoms with Crippen molar-refractivity contribution in [3.63, 3.8) is 0 Å². The topological polar surface area (TPSA) is 42.7 Å². The van der Waals surface area contributed by atoms with Crippen LogP contribution < -0.4 is 5.32 Å². The monoisotopic (exact) mass is 256 g/mol. The van der Waals surface area contributed by atoms with E-state index in [9.17, 15) is 4.39 Å². The summed E-state index contributed by atoms with van der Waals surface area (Å²) in [5, 5.41) is 3.23. The molecule has 1 aromatic carbocycles. The smallest absolute Gasteiger partial charge is 0.154 e. The zero-order chi connectivity index (χ0) is 13.2. The summed E-state index contributed by atoms with van der Waals surface area (Å²) in [4.78, 5) is 8.61. The Balaban J connectivity index is 1.83. The SMILES string of the molecule is Cn1cnc2c(NCc3ccc(F)cc3)nccc21. The van der Waals surface area contributed by atoms with Gasteiger partial charge in [0.1, 0.15) is 11.3 Å². The van der Waals surface area contributed by atoms with Crippen LogP contribution in [0.3, 0.4) is 0 Å². The highest BCUT2D eigenvalue weighted by Gasteiger charge is 2.06. The molecule has 96 valence electrons. The Bertz CT molecular complexity index is 703. The minimum absolute atomic E-state index is 0.228. The van der Waals surface area contributed by atoms with E-state index in [1.807, 2.05) is 17.7 Å². The van der Waals surface area contributed by atoms with E-state index >= 15 is 0 Å². The molecule has 5 heteroatoms. The van der Waals surface area contributed by atoms with Gasteiger partial charge >= 0.3 is 0 Å². The number of benzene rings is 1. The number of aromatic nitrogens is 3. The number of hydrogen-bond donors (Lipinski definition) is 1. The lowest BCUT2D eigenvalue weighted by Crippen LogP contribution is -2.02. The lowest BCUT2D eigenvalue weighted by atomic mass is 10.2. The fourth-order valence-corrected chi connectivity index (χ4v) is 1.98. The minimum Gasteiger partial charge on any atom is -0.364 e. The first-order valence-electron chi connectivity index (χ1n) is 5.98. The van der Waals surface area contributed by atoms with Gasteiger partial charge in [-0.15, -0.1) is 0 Å². The molecule has 0 radical (unpaired) electrons. The van der Waals surface area contributed by atoms with Crippen molar-refractivity contribution in [2.45, 2.75) is 6.54 Å². The largest absolute Gasteiger partial charge is 0.364 e. The van der Waals surface area contributed by atoms with Gasteiger partial charge in [0, 0.05) is 19.8 Å². The molecule has 0 aliphatic heterocycles. The third kappa shape index (κ3) is 2.27. The molecule has 19 heavy (non-hydrogen) atoms. The third-order valence-electron chi connectivity index (χ3n) is 3.02. The molecule has 0 aliphatic carbocycles. The van der Waals surface area contributed by atoms with Gasteiger partial charge in [0.05, 0.1) is 11.8 Å². The van der Waals surface area contributed by atoms with Crippen molar-refractivity contribution in [1.82, 2.24) is 14.5 Å². The molecule has 0 saturated carbocycles. The van der Waals surface area contributed by atoms with E-state index in [2.05, 4.69) is 15.3 Å². The summed E-state index contributed by atoms with van der Waals surface area (Å²) < 4.78 is 14.8. The van der Waals surface area contributed by atoms with Crippen molar-refractivity contribution in [3.8, 4) is 0 Å². The first-order valence-corrected chi connectivity index (χ1v) is 5.98. The lowest BCUT2D eigenvalue weighted by Gasteiger charge is -2.06. The highest BCUT2D eigenvalue weighted by Crippen LogP contribution is 2.19. The van der Waals surface area contributed by atoms with Crippen molar-refractivity contribution in [2.75, 3.05) is 5.32 Å². The standard InChI is InChI=1S/C14H13FN4/c1-19-9-18-13-12(19)6-7-16-14(13)17-8-10-2-4-11(15)5-3-10/h2-7,9H,8H2,1H3,(H,16,17). The van der Waals surface area contributed by atoms with Gasteiger partial charge in [0.15, 0.2) is 5.82 Å².